The van der Waals surface area contributed by atoms with Gasteiger partial charge in [0.05, 0.1) is 11.9 Å². The van der Waals surface area contributed by atoms with Crippen LogP contribution in [-0.2, 0) is 20.6 Å². The van der Waals surface area contributed by atoms with Crippen LogP contribution in [0.4, 0.5) is 10.1 Å². The van der Waals surface area contributed by atoms with Gasteiger partial charge in [-0.1, -0.05) is 41.9 Å². The number of halogens is 2. The van der Waals surface area contributed by atoms with Gasteiger partial charge in [0.25, 0.3) is 0 Å². The number of carbonyl (C=O) groups excluding carboxylic acids is 1. The van der Waals surface area contributed by atoms with Crippen LogP contribution >= 0.6 is 23.4 Å². The quantitative estimate of drug-likeness (QED) is 0.599. The first-order chi connectivity index (χ1) is 13.2. The zero-order valence-electron chi connectivity index (χ0n) is 15.6. The fourth-order valence-electron chi connectivity index (χ4n) is 2.60. The van der Waals surface area contributed by atoms with Crippen molar-refractivity contribution in [3.63, 3.8) is 0 Å². The first kappa shape index (κ1) is 22.5. The van der Waals surface area contributed by atoms with Crippen molar-refractivity contribution in [2.75, 3.05) is 22.9 Å². The maximum absolute atomic E-state index is 14.1. The summed E-state index contributed by atoms with van der Waals surface area (Å²) in [6.07, 6.45) is 0.947. The number of thioether (sulfide) groups is 1. The van der Waals surface area contributed by atoms with Gasteiger partial charge in [0, 0.05) is 23.1 Å². The molecular weight excluding hydrogens is 423 g/mol. The van der Waals surface area contributed by atoms with Gasteiger partial charge in [0.2, 0.25) is 15.9 Å². The van der Waals surface area contributed by atoms with Crippen molar-refractivity contribution in [3.05, 3.63) is 64.9 Å². The first-order valence-electron chi connectivity index (χ1n) is 8.54. The molecule has 0 saturated heterocycles. The Bertz CT molecular complexity index is 925. The van der Waals surface area contributed by atoms with Gasteiger partial charge in [-0.3, -0.25) is 9.10 Å². The Morgan fingerprint density at radius 2 is 1.86 bits per heavy atom. The van der Waals surface area contributed by atoms with E-state index in [4.69, 9.17) is 11.6 Å². The van der Waals surface area contributed by atoms with Crippen molar-refractivity contribution < 1.29 is 17.6 Å². The average molecular weight is 445 g/mol. The lowest BCUT2D eigenvalue weighted by Gasteiger charge is -2.28. The molecule has 9 heteroatoms. The number of hydrogen-bond donors (Lipinski definition) is 1. The topological polar surface area (TPSA) is 66.5 Å². The number of hydrogen-bond acceptors (Lipinski definition) is 4. The van der Waals surface area contributed by atoms with Gasteiger partial charge < -0.3 is 5.32 Å². The Morgan fingerprint density at radius 1 is 1.21 bits per heavy atom. The van der Waals surface area contributed by atoms with Crippen LogP contribution in [-0.4, -0.2) is 38.9 Å². The highest BCUT2D eigenvalue weighted by molar-refractivity contribution is 7.98. The minimum absolute atomic E-state index is 0.152. The smallest absolute Gasteiger partial charge is 0.243 e. The third-order valence-electron chi connectivity index (χ3n) is 3.94. The number of anilines is 1. The third-order valence-corrected chi connectivity index (χ3v) is 6.54. The van der Waals surface area contributed by atoms with E-state index in [1.807, 2.05) is 24.3 Å². The summed E-state index contributed by atoms with van der Waals surface area (Å²) in [6, 6.07) is 11.9. The minimum Gasteiger partial charge on any atom is -0.353 e. The molecule has 28 heavy (non-hydrogen) atoms. The fraction of sp³-hybridized carbons (Fsp3) is 0.316. The number of amides is 1. The number of carbonyl (C=O) groups is 1. The molecule has 2 rings (SSSR count). The minimum atomic E-state index is -3.85. The molecule has 0 unspecified atom stereocenters. The molecule has 1 amide bonds. The van der Waals surface area contributed by atoms with Crippen molar-refractivity contribution in [1.29, 1.82) is 0 Å². The Morgan fingerprint density at radius 3 is 2.50 bits per heavy atom. The maximum Gasteiger partial charge on any atom is 0.243 e. The fourth-order valence-corrected chi connectivity index (χ4v) is 4.92. The first-order valence-corrected chi connectivity index (χ1v) is 11.9. The lowest BCUT2D eigenvalue weighted by molar-refractivity contribution is -0.121. The summed E-state index contributed by atoms with van der Waals surface area (Å²) in [6.45, 7) is 1.78. The van der Waals surface area contributed by atoms with E-state index in [1.54, 1.807) is 11.8 Å². The van der Waals surface area contributed by atoms with E-state index in [1.165, 1.54) is 25.1 Å². The molecule has 2 aromatic rings. The number of benzene rings is 2. The Kier molecular flexibility index (Phi) is 8.15. The van der Waals surface area contributed by atoms with Gasteiger partial charge in [0.15, 0.2) is 0 Å². The van der Waals surface area contributed by atoms with E-state index < -0.39 is 27.8 Å². The molecule has 0 aliphatic carbocycles. The van der Waals surface area contributed by atoms with Crippen LogP contribution in [0.1, 0.15) is 12.5 Å². The van der Waals surface area contributed by atoms with E-state index in [0.29, 0.717) is 23.1 Å². The average Bonchev–Trinajstić information content (AvgIpc) is 2.63. The van der Waals surface area contributed by atoms with E-state index >= 15 is 0 Å². The summed E-state index contributed by atoms with van der Waals surface area (Å²) in [4.78, 5) is 12.4. The molecule has 0 radical (unpaired) electrons. The van der Waals surface area contributed by atoms with Crippen LogP contribution < -0.4 is 9.62 Å². The number of para-hydroxylation sites is 1. The Labute approximate surface area is 174 Å². The highest BCUT2D eigenvalue weighted by Gasteiger charge is 2.30. The molecule has 1 N–H and O–H groups in total. The van der Waals surface area contributed by atoms with Gasteiger partial charge in [0.1, 0.15) is 11.9 Å². The number of rotatable bonds is 9. The molecule has 0 aliphatic heterocycles. The Balaban J connectivity index is 1.93. The summed E-state index contributed by atoms with van der Waals surface area (Å²) in [5.41, 5.74) is 0.859. The lowest BCUT2D eigenvalue weighted by atomic mass is 10.2. The standard InChI is InChI=1S/C19H22ClFN2O3S2/c1-14(23(28(2,25)26)18-10-6-5-9-17(18)21)19(24)22-11-12-27-13-15-7-3-4-8-16(15)20/h3-10,14H,11-13H2,1-2H3,(H,22,24)/t14-/m0/s1. The second-order valence-corrected chi connectivity index (χ2v) is 9.49. The van der Waals surface area contributed by atoms with E-state index in [-0.39, 0.29) is 5.69 Å². The van der Waals surface area contributed by atoms with E-state index in [2.05, 4.69) is 5.32 Å². The summed E-state index contributed by atoms with van der Waals surface area (Å²) in [5.74, 6) is 0.132. The highest BCUT2D eigenvalue weighted by atomic mass is 35.5. The summed E-state index contributed by atoms with van der Waals surface area (Å²) in [5, 5.41) is 3.40. The maximum atomic E-state index is 14.1. The van der Waals surface area contributed by atoms with Crippen LogP contribution in [0, 0.1) is 5.82 Å². The summed E-state index contributed by atoms with van der Waals surface area (Å²) >= 11 is 7.70. The van der Waals surface area contributed by atoms with Gasteiger partial charge in [-0.2, -0.15) is 11.8 Å². The van der Waals surface area contributed by atoms with Crippen LogP contribution in [0.5, 0.6) is 0 Å². The lowest BCUT2D eigenvalue weighted by Crippen LogP contribution is -2.48. The second-order valence-electron chi connectivity index (χ2n) is 6.12. The van der Waals surface area contributed by atoms with Crippen LogP contribution in [0.25, 0.3) is 0 Å². The summed E-state index contributed by atoms with van der Waals surface area (Å²) in [7, 11) is -3.85. The summed E-state index contributed by atoms with van der Waals surface area (Å²) < 4.78 is 39.2. The van der Waals surface area contributed by atoms with Crippen molar-refractivity contribution >= 4 is 45.0 Å². The molecule has 0 fully saturated rings. The predicted molar refractivity (Wildman–Crippen MR) is 114 cm³/mol. The normalized spacial score (nSPS) is 12.4. The van der Waals surface area contributed by atoms with E-state index in [0.717, 1.165) is 22.2 Å². The molecule has 0 bridgehead atoms. The molecule has 0 saturated carbocycles. The molecule has 0 spiro atoms. The van der Waals surface area contributed by atoms with Crippen LogP contribution in [0.3, 0.4) is 0 Å². The molecule has 2 aromatic carbocycles. The molecular formula is C19H22ClFN2O3S2. The second kappa shape index (κ2) is 10.1. The number of nitrogens with one attached hydrogen (secondary N) is 1. The number of sulfonamides is 1. The molecule has 1 atom stereocenters. The van der Waals surface area contributed by atoms with Gasteiger partial charge in [-0.25, -0.2) is 12.8 Å². The number of nitrogens with zero attached hydrogens (tertiary/aromatic N) is 1. The zero-order chi connectivity index (χ0) is 20.7. The van der Waals surface area contributed by atoms with E-state index in [9.17, 15) is 17.6 Å². The highest BCUT2D eigenvalue weighted by Crippen LogP contribution is 2.24. The molecule has 152 valence electrons. The van der Waals surface area contributed by atoms with Crippen molar-refractivity contribution in [3.8, 4) is 0 Å². The molecule has 5 nitrogen and oxygen atoms in total. The SMILES string of the molecule is C[C@@H](C(=O)NCCSCc1ccccc1Cl)N(c1ccccc1F)S(C)(=O)=O. The molecule has 0 aliphatic rings. The van der Waals surface area contributed by atoms with Gasteiger partial charge in [-0.05, 0) is 30.7 Å². The zero-order valence-corrected chi connectivity index (χ0v) is 18.0. The molecule has 0 heterocycles. The molecule has 0 aromatic heterocycles. The predicted octanol–water partition coefficient (Wildman–Crippen LogP) is 3.68. The van der Waals surface area contributed by atoms with Gasteiger partial charge in [-0.15, -0.1) is 0 Å². The van der Waals surface area contributed by atoms with Crippen LogP contribution in [0.15, 0.2) is 48.5 Å². The third kappa shape index (κ3) is 6.12. The van der Waals surface area contributed by atoms with Crippen molar-refractivity contribution in [2.45, 2.75) is 18.7 Å². The van der Waals surface area contributed by atoms with Crippen LogP contribution in [0.2, 0.25) is 5.02 Å². The van der Waals surface area contributed by atoms with Crippen molar-refractivity contribution in [1.82, 2.24) is 5.32 Å². The monoisotopic (exact) mass is 444 g/mol. The van der Waals surface area contributed by atoms with Crippen molar-refractivity contribution in [2.24, 2.45) is 0 Å². The Hall–Kier alpha value is -1.77. The largest absolute Gasteiger partial charge is 0.353 e. The van der Waals surface area contributed by atoms with Gasteiger partial charge >= 0.3 is 0 Å².